The number of nitrogens with zero attached hydrogens (tertiary/aromatic N) is 1. The Bertz CT molecular complexity index is 559. The van der Waals surface area contributed by atoms with Gasteiger partial charge in [-0.15, -0.1) is 0 Å². The number of hydrogen-bond acceptors (Lipinski definition) is 3. The Kier molecular flexibility index (Phi) is 4.69. The summed E-state index contributed by atoms with van der Waals surface area (Å²) in [6, 6.07) is 6.60. The number of hydrogen-bond donors (Lipinski definition) is 1. The summed E-state index contributed by atoms with van der Waals surface area (Å²) in [5, 5.41) is 0.511. The zero-order valence-corrected chi connectivity index (χ0v) is 13.2. The van der Waals surface area contributed by atoms with Gasteiger partial charge in [-0.1, -0.05) is 29.8 Å². The summed E-state index contributed by atoms with van der Waals surface area (Å²) in [6.07, 6.45) is 2.78. The number of ketones is 1. The van der Waals surface area contributed by atoms with Crippen molar-refractivity contribution in [2.75, 3.05) is 7.05 Å². The van der Waals surface area contributed by atoms with E-state index < -0.39 is 11.6 Å². The monoisotopic (exact) mass is 308 g/mol. The minimum atomic E-state index is -0.985. The zero-order valence-electron chi connectivity index (χ0n) is 12.4. The molecule has 0 heterocycles. The molecule has 0 spiro atoms. The van der Waals surface area contributed by atoms with Gasteiger partial charge in [0, 0.05) is 24.1 Å². The van der Waals surface area contributed by atoms with Crippen LogP contribution < -0.4 is 5.73 Å². The van der Waals surface area contributed by atoms with Crippen molar-refractivity contribution in [1.29, 1.82) is 0 Å². The molecule has 0 radical (unpaired) electrons. The van der Waals surface area contributed by atoms with Gasteiger partial charge in [-0.05, 0) is 32.3 Å². The highest BCUT2D eigenvalue weighted by atomic mass is 35.5. The van der Waals surface area contributed by atoms with Crippen LogP contribution in [-0.4, -0.2) is 29.7 Å². The van der Waals surface area contributed by atoms with Gasteiger partial charge in [-0.25, -0.2) is 0 Å². The lowest BCUT2D eigenvalue weighted by Crippen LogP contribution is -2.57. The SMILES string of the molecule is C[C@H](N)C(=O)N(C)[C@@]1(c2ccccc2Cl)CCCCC1=O. The number of carbonyl (C=O) groups is 2. The Labute approximate surface area is 130 Å². The van der Waals surface area contributed by atoms with Crippen LogP contribution in [0, 0.1) is 0 Å². The molecule has 0 aliphatic heterocycles. The first-order valence-electron chi connectivity index (χ1n) is 7.23. The van der Waals surface area contributed by atoms with Gasteiger partial charge < -0.3 is 10.6 Å². The lowest BCUT2D eigenvalue weighted by Gasteiger charge is -2.44. The van der Waals surface area contributed by atoms with Crippen molar-refractivity contribution in [1.82, 2.24) is 4.90 Å². The van der Waals surface area contributed by atoms with Gasteiger partial charge in [0.05, 0.1) is 6.04 Å². The van der Waals surface area contributed by atoms with Crippen molar-refractivity contribution in [2.24, 2.45) is 5.73 Å². The Balaban J connectivity index is 2.58. The van der Waals surface area contributed by atoms with E-state index in [2.05, 4.69) is 0 Å². The summed E-state index contributed by atoms with van der Waals surface area (Å²) in [6.45, 7) is 1.63. The van der Waals surface area contributed by atoms with E-state index in [4.69, 9.17) is 17.3 Å². The Hall–Kier alpha value is -1.39. The van der Waals surface area contributed by atoms with Crippen LogP contribution in [0.2, 0.25) is 5.02 Å². The zero-order chi connectivity index (χ0) is 15.6. The fourth-order valence-electron chi connectivity index (χ4n) is 3.12. The van der Waals surface area contributed by atoms with Gasteiger partial charge >= 0.3 is 0 Å². The molecule has 4 nitrogen and oxygen atoms in total. The average molecular weight is 309 g/mol. The number of halogens is 1. The standard InChI is InChI=1S/C16H21ClN2O2/c1-11(18)15(21)19(2)16(10-6-5-9-14(16)20)12-7-3-4-8-13(12)17/h3-4,7-8,11H,5-6,9-10,18H2,1-2H3/t11-,16+/m0/s1. The maximum absolute atomic E-state index is 12.7. The third kappa shape index (κ3) is 2.70. The Morgan fingerprint density at radius 1 is 1.38 bits per heavy atom. The van der Waals surface area contributed by atoms with E-state index in [0.29, 0.717) is 23.4 Å². The van der Waals surface area contributed by atoms with Gasteiger partial charge in [0.25, 0.3) is 0 Å². The van der Waals surface area contributed by atoms with Crippen LogP contribution in [-0.2, 0) is 15.1 Å². The fraction of sp³-hybridized carbons (Fsp3) is 0.500. The number of nitrogens with two attached hydrogens (primary N) is 1. The number of carbonyl (C=O) groups excluding carboxylic acids is 2. The minimum absolute atomic E-state index is 0.0401. The normalized spacial score (nSPS) is 23.7. The van der Waals surface area contributed by atoms with Crippen molar-refractivity contribution < 1.29 is 9.59 Å². The second kappa shape index (κ2) is 6.16. The summed E-state index contributed by atoms with van der Waals surface area (Å²) >= 11 is 6.32. The van der Waals surface area contributed by atoms with Crippen LogP contribution in [0.15, 0.2) is 24.3 Å². The van der Waals surface area contributed by atoms with Gasteiger partial charge in [0.2, 0.25) is 5.91 Å². The molecule has 0 aromatic heterocycles. The van der Waals surface area contributed by atoms with E-state index in [1.54, 1.807) is 20.0 Å². The van der Waals surface area contributed by atoms with Crippen LogP contribution in [0.1, 0.15) is 38.2 Å². The largest absolute Gasteiger partial charge is 0.327 e. The first-order valence-corrected chi connectivity index (χ1v) is 7.60. The second-order valence-electron chi connectivity index (χ2n) is 5.66. The number of Topliss-reactive ketones (excluding diaryl/α,β-unsaturated/α-hetero) is 1. The second-order valence-corrected chi connectivity index (χ2v) is 6.06. The quantitative estimate of drug-likeness (QED) is 0.933. The van der Waals surface area contributed by atoms with Crippen LogP contribution in [0.3, 0.4) is 0 Å². The molecular formula is C16H21ClN2O2. The molecule has 1 aromatic rings. The lowest BCUT2D eigenvalue weighted by molar-refractivity contribution is -0.148. The molecule has 1 saturated carbocycles. The summed E-state index contributed by atoms with van der Waals surface area (Å²) in [5.74, 6) is -0.205. The molecule has 1 fully saturated rings. The molecule has 2 atom stereocenters. The molecule has 21 heavy (non-hydrogen) atoms. The van der Waals surface area contributed by atoms with E-state index >= 15 is 0 Å². The van der Waals surface area contributed by atoms with E-state index in [0.717, 1.165) is 12.8 Å². The molecule has 114 valence electrons. The number of rotatable bonds is 3. The Morgan fingerprint density at radius 2 is 2.05 bits per heavy atom. The van der Waals surface area contributed by atoms with Crippen LogP contribution >= 0.6 is 11.6 Å². The molecule has 2 rings (SSSR count). The summed E-state index contributed by atoms with van der Waals surface area (Å²) in [7, 11) is 1.65. The third-order valence-corrected chi connectivity index (χ3v) is 4.60. The van der Waals surface area contributed by atoms with E-state index in [-0.39, 0.29) is 11.7 Å². The van der Waals surface area contributed by atoms with E-state index in [9.17, 15) is 9.59 Å². The highest BCUT2D eigenvalue weighted by Crippen LogP contribution is 2.42. The number of amides is 1. The predicted molar refractivity (Wildman–Crippen MR) is 83.0 cm³/mol. The maximum Gasteiger partial charge on any atom is 0.240 e. The van der Waals surface area contributed by atoms with Gasteiger partial charge in [0.1, 0.15) is 5.54 Å². The summed E-state index contributed by atoms with van der Waals surface area (Å²) < 4.78 is 0. The molecular weight excluding hydrogens is 288 g/mol. The molecule has 0 bridgehead atoms. The van der Waals surface area contributed by atoms with Crippen molar-refractivity contribution >= 4 is 23.3 Å². The van der Waals surface area contributed by atoms with Crippen LogP contribution in [0.4, 0.5) is 0 Å². The van der Waals surface area contributed by atoms with Gasteiger partial charge in [-0.3, -0.25) is 9.59 Å². The molecule has 0 saturated heterocycles. The third-order valence-electron chi connectivity index (χ3n) is 4.27. The topological polar surface area (TPSA) is 63.4 Å². The predicted octanol–water partition coefficient (Wildman–Crippen LogP) is 2.48. The summed E-state index contributed by atoms with van der Waals surface area (Å²) in [5.41, 5.74) is 5.45. The van der Waals surface area contributed by atoms with Gasteiger partial charge in [-0.2, -0.15) is 0 Å². The van der Waals surface area contributed by atoms with Crippen molar-refractivity contribution in [3.63, 3.8) is 0 Å². The average Bonchev–Trinajstić information content (AvgIpc) is 2.47. The highest BCUT2D eigenvalue weighted by molar-refractivity contribution is 6.31. The van der Waals surface area contributed by atoms with E-state index in [1.807, 2.05) is 18.2 Å². The number of likely N-dealkylation sites (N-methyl/N-ethyl adjacent to an activating group) is 1. The first-order chi connectivity index (χ1) is 9.91. The molecule has 1 aromatic carbocycles. The number of benzene rings is 1. The van der Waals surface area contributed by atoms with Crippen LogP contribution in [0.25, 0.3) is 0 Å². The van der Waals surface area contributed by atoms with E-state index in [1.165, 1.54) is 4.90 Å². The first kappa shape index (κ1) is 16.0. The van der Waals surface area contributed by atoms with Crippen molar-refractivity contribution in [3.05, 3.63) is 34.9 Å². The maximum atomic E-state index is 12.7. The molecule has 1 aliphatic carbocycles. The Morgan fingerprint density at radius 3 is 2.62 bits per heavy atom. The molecule has 0 unspecified atom stereocenters. The van der Waals surface area contributed by atoms with Crippen molar-refractivity contribution in [3.8, 4) is 0 Å². The van der Waals surface area contributed by atoms with Gasteiger partial charge in [0.15, 0.2) is 5.78 Å². The molecule has 1 amide bonds. The van der Waals surface area contributed by atoms with Crippen LogP contribution in [0.5, 0.6) is 0 Å². The molecule has 5 heteroatoms. The fourth-order valence-corrected chi connectivity index (χ4v) is 3.42. The minimum Gasteiger partial charge on any atom is -0.327 e. The molecule has 1 aliphatic rings. The molecule has 2 N–H and O–H groups in total. The van der Waals surface area contributed by atoms with Crippen molar-refractivity contribution in [2.45, 2.75) is 44.2 Å². The summed E-state index contributed by atoms with van der Waals surface area (Å²) in [4.78, 5) is 26.6. The smallest absolute Gasteiger partial charge is 0.240 e. The highest BCUT2D eigenvalue weighted by Gasteiger charge is 2.48. The lowest BCUT2D eigenvalue weighted by atomic mass is 9.74.